The average molecular weight is 233 g/mol. The first-order chi connectivity index (χ1) is 8.20. The fourth-order valence-electron chi connectivity index (χ4n) is 1.65. The van der Waals surface area contributed by atoms with Crippen LogP contribution >= 0.6 is 0 Å². The molecule has 1 aliphatic carbocycles. The van der Waals surface area contributed by atoms with Crippen molar-refractivity contribution in [3.05, 3.63) is 29.8 Å². The number of nitrogens with zero attached hydrogens (tertiary/aromatic N) is 1. The second-order valence-electron chi connectivity index (χ2n) is 4.23. The number of amides is 1. The van der Waals surface area contributed by atoms with Gasteiger partial charge in [0, 0.05) is 12.0 Å². The maximum Gasteiger partial charge on any atom is 0.224 e. The molecule has 1 aliphatic rings. The van der Waals surface area contributed by atoms with Gasteiger partial charge in [-0.05, 0) is 30.9 Å². The summed E-state index contributed by atoms with van der Waals surface area (Å²) in [5.41, 5.74) is 6.64. The van der Waals surface area contributed by atoms with E-state index in [9.17, 15) is 4.79 Å². The predicted molar refractivity (Wildman–Crippen MR) is 64.9 cm³/mol. The molecule has 1 aromatic carbocycles. The van der Waals surface area contributed by atoms with E-state index >= 15 is 0 Å². The molecule has 0 spiro atoms. The Balaban J connectivity index is 2.11. The van der Waals surface area contributed by atoms with Crippen molar-refractivity contribution in [3.63, 3.8) is 0 Å². The van der Waals surface area contributed by atoms with Crippen LogP contribution < -0.4 is 11.1 Å². The van der Waals surface area contributed by atoms with Crippen molar-refractivity contribution in [2.45, 2.75) is 19.3 Å². The predicted octanol–water partition coefficient (Wildman–Crippen LogP) is 1.52. The summed E-state index contributed by atoms with van der Waals surface area (Å²) in [4.78, 5) is 11.7. The highest BCUT2D eigenvalue weighted by Crippen LogP contribution is 2.32. The first kappa shape index (κ1) is 11.4. The van der Waals surface area contributed by atoms with E-state index in [4.69, 9.17) is 10.9 Å². The van der Waals surface area contributed by atoms with Gasteiger partial charge in [-0.3, -0.25) is 4.79 Å². The van der Waals surface area contributed by atoms with E-state index < -0.39 is 0 Å². The van der Waals surface area contributed by atoms with Crippen molar-refractivity contribution in [3.8, 4) is 0 Å². The summed E-state index contributed by atoms with van der Waals surface area (Å²) >= 11 is 0. The molecule has 0 aliphatic heterocycles. The fraction of sp³-hybridized carbons (Fsp3) is 0.333. The highest BCUT2D eigenvalue weighted by atomic mass is 16.4. The lowest BCUT2D eigenvalue weighted by molar-refractivity contribution is -0.116. The van der Waals surface area contributed by atoms with Gasteiger partial charge in [-0.2, -0.15) is 0 Å². The van der Waals surface area contributed by atoms with E-state index in [2.05, 4.69) is 10.5 Å². The lowest BCUT2D eigenvalue weighted by Crippen LogP contribution is -2.19. The van der Waals surface area contributed by atoms with Crippen LogP contribution in [0.3, 0.4) is 0 Å². The standard InChI is InChI=1S/C12H15N3O2/c13-12(15-17)9-3-1-2-4-10(9)14-11(16)7-8-5-6-8/h1-4,8,17H,5-7H2,(H2,13,15)(H,14,16). The Morgan fingerprint density at radius 1 is 1.47 bits per heavy atom. The smallest absolute Gasteiger partial charge is 0.224 e. The molecule has 0 atom stereocenters. The number of carbonyl (C=O) groups is 1. The first-order valence-corrected chi connectivity index (χ1v) is 5.57. The zero-order valence-electron chi connectivity index (χ0n) is 9.39. The van der Waals surface area contributed by atoms with Crippen LogP contribution in [0.4, 0.5) is 5.69 Å². The van der Waals surface area contributed by atoms with Crippen molar-refractivity contribution in [1.82, 2.24) is 0 Å². The molecule has 0 bridgehead atoms. The number of amidine groups is 1. The van der Waals surface area contributed by atoms with Gasteiger partial charge in [0.1, 0.15) is 0 Å². The van der Waals surface area contributed by atoms with E-state index in [-0.39, 0.29) is 11.7 Å². The van der Waals surface area contributed by atoms with Crippen molar-refractivity contribution < 1.29 is 10.0 Å². The minimum atomic E-state index is -0.0225. The third-order valence-corrected chi connectivity index (χ3v) is 2.76. The molecular formula is C12H15N3O2. The van der Waals surface area contributed by atoms with Gasteiger partial charge in [0.05, 0.1) is 5.69 Å². The zero-order valence-corrected chi connectivity index (χ0v) is 9.39. The SMILES string of the molecule is NC(=NO)c1ccccc1NC(=O)CC1CC1. The Morgan fingerprint density at radius 3 is 2.82 bits per heavy atom. The second-order valence-corrected chi connectivity index (χ2v) is 4.23. The molecule has 0 saturated heterocycles. The molecule has 0 radical (unpaired) electrons. The zero-order chi connectivity index (χ0) is 12.3. The molecule has 5 nitrogen and oxygen atoms in total. The van der Waals surface area contributed by atoms with Crippen LogP contribution in [0.25, 0.3) is 0 Å². The van der Waals surface area contributed by atoms with E-state index in [1.165, 1.54) is 0 Å². The molecular weight excluding hydrogens is 218 g/mol. The molecule has 1 fully saturated rings. The molecule has 90 valence electrons. The van der Waals surface area contributed by atoms with Crippen LogP contribution in [0, 0.1) is 5.92 Å². The number of hydrogen-bond acceptors (Lipinski definition) is 3. The summed E-state index contributed by atoms with van der Waals surface area (Å²) < 4.78 is 0. The third kappa shape index (κ3) is 2.96. The van der Waals surface area contributed by atoms with Crippen LogP contribution in [-0.4, -0.2) is 17.0 Å². The summed E-state index contributed by atoms with van der Waals surface area (Å²) in [5.74, 6) is 0.504. The molecule has 0 aromatic heterocycles. The summed E-state index contributed by atoms with van der Waals surface area (Å²) in [6.45, 7) is 0. The molecule has 1 aromatic rings. The quantitative estimate of drug-likeness (QED) is 0.319. The van der Waals surface area contributed by atoms with E-state index in [1.807, 2.05) is 0 Å². The number of rotatable bonds is 4. The van der Waals surface area contributed by atoms with E-state index in [0.29, 0.717) is 23.6 Å². The Bertz CT molecular complexity index is 453. The summed E-state index contributed by atoms with van der Waals surface area (Å²) in [6.07, 6.45) is 2.81. The van der Waals surface area contributed by atoms with Gasteiger partial charge in [-0.1, -0.05) is 17.3 Å². The summed E-state index contributed by atoms with van der Waals surface area (Å²) in [6, 6.07) is 6.99. The lowest BCUT2D eigenvalue weighted by atomic mass is 10.1. The molecule has 0 heterocycles. The maximum absolute atomic E-state index is 11.7. The van der Waals surface area contributed by atoms with Gasteiger partial charge >= 0.3 is 0 Å². The Morgan fingerprint density at radius 2 is 2.18 bits per heavy atom. The molecule has 0 unspecified atom stereocenters. The van der Waals surface area contributed by atoms with Crippen molar-refractivity contribution in [2.75, 3.05) is 5.32 Å². The van der Waals surface area contributed by atoms with Crippen LogP contribution in [0.15, 0.2) is 29.4 Å². The summed E-state index contributed by atoms with van der Waals surface area (Å²) in [5, 5.41) is 14.4. The Kier molecular flexibility index (Phi) is 3.27. The summed E-state index contributed by atoms with van der Waals surface area (Å²) in [7, 11) is 0. The molecule has 1 amide bonds. The van der Waals surface area contributed by atoms with Gasteiger partial charge in [0.25, 0.3) is 0 Å². The number of benzene rings is 1. The molecule has 4 N–H and O–H groups in total. The Hall–Kier alpha value is -2.04. The molecule has 17 heavy (non-hydrogen) atoms. The fourth-order valence-corrected chi connectivity index (χ4v) is 1.65. The van der Waals surface area contributed by atoms with Crippen LogP contribution in [0.2, 0.25) is 0 Å². The largest absolute Gasteiger partial charge is 0.409 e. The number of carbonyl (C=O) groups excluding carboxylic acids is 1. The van der Waals surface area contributed by atoms with Gasteiger partial charge in [-0.15, -0.1) is 0 Å². The minimum absolute atomic E-state index is 0.00711. The normalized spacial score (nSPS) is 15.6. The highest BCUT2D eigenvalue weighted by molar-refractivity contribution is 6.05. The first-order valence-electron chi connectivity index (χ1n) is 5.57. The van der Waals surface area contributed by atoms with Crippen LogP contribution in [0.1, 0.15) is 24.8 Å². The van der Waals surface area contributed by atoms with E-state index in [0.717, 1.165) is 12.8 Å². The molecule has 2 rings (SSSR count). The molecule has 5 heteroatoms. The average Bonchev–Trinajstić information content (AvgIpc) is 3.12. The topological polar surface area (TPSA) is 87.7 Å². The number of nitrogens with two attached hydrogens (primary N) is 1. The van der Waals surface area contributed by atoms with Crippen LogP contribution in [-0.2, 0) is 4.79 Å². The van der Waals surface area contributed by atoms with Crippen LogP contribution in [0.5, 0.6) is 0 Å². The number of oxime groups is 1. The van der Waals surface area contributed by atoms with Gasteiger partial charge in [-0.25, -0.2) is 0 Å². The highest BCUT2D eigenvalue weighted by Gasteiger charge is 2.24. The second kappa shape index (κ2) is 4.86. The minimum Gasteiger partial charge on any atom is -0.409 e. The lowest BCUT2D eigenvalue weighted by Gasteiger charge is -2.09. The van der Waals surface area contributed by atoms with Crippen molar-refractivity contribution >= 4 is 17.4 Å². The molecule has 1 saturated carbocycles. The monoisotopic (exact) mass is 233 g/mol. The van der Waals surface area contributed by atoms with Gasteiger partial charge in [0.2, 0.25) is 5.91 Å². The van der Waals surface area contributed by atoms with E-state index in [1.54, 1.807) is 24.3 Å². The Labute approximate surface area is 99.3 Å². The number of para-hydroxylation sites is 1. The number of nitrogens with one attached hydrogen (secondary N) is 1. The number of anilines is 1. The van der Waals surface area contributed by atoms with Crippen molar-refractivity contribution in [2.24, 2.45) is 16.8 Å². The van der Waals surface area contributed by atoms with Gasteiger partial charge < -0.3 is 16.3 Å². The maximum atomic E-state index is 11.7. The number of hydrogen-bond donors (Lipinski definition) is 3. The third-order valence-electron chi connectivity index (χ3n) is 2.76. The van der Waals surface area contributed by atoms with Gasteiger partial charge in [0.15, 0.2) is 5.84 Å². The van der Waals surface area contributed by atoms with Crippen molar-refractivity contribution in [1.29, 1.82) is 0 Å².